The number of hydrogen-bond donors (Lipinski definition) is 3. The molecule has 110 valence electrons. The van der Waals surface area contributed by atoms with Crippen LogP contribution >= 0.6 is 0 Å². The molecule has 0 spiro atoms. The standard InChI is InChI=1S/C17H21N3O/c1-3-7-13(4-2)20-17(21)15(18)10-12-11-19-16-9-6-5-8-14(12)16/h2,5-6,8-9,11,13,15,19H,3,7,10,18H2,1H3,(H,20,21)/t13?,15-/m1/s1. The lowest BCUT2D eigenvalue weighted by Crippen LogP contribution is -2.46. The third kappa shape index (κ3) is 3.65. The van der Waals surface area contributed by atoms with Crippen LogP contribution in [0.2, 0.25) is 0 Å². The summed E-state index contributed by atoms with van der Waals surface area (Å²) in [6, 6.07) is 7.12. The number of aromatic nitrogens is 1. The van der Waals surface area contributed by atoms with Crippen molar-refractivity contribution in [3.63, 3.8) is 0 Å². The molecule has 2 aromatic rings. The zero-order valence-electron chi connectivity index (χ0n) is 12.2. The lowest BCUT2D eigenvalue weighted by atomic mass is 10.0. The van der Waals surface area contributed by atoms with E-state index in [9.17, 15) is 4.79 Å². The fourth-order valence-corrected chi connectivity index (χ4v) is 2.39. The van der Waals surface area contributed by atoms with E-state index in [0.29, 0.717) is 6.42 Å². The number of nitrogens with one attached hydrogen (secondary N) is 2. The number of carbonyl (C=O) groups is 1. The Balaban J connectivity index is 2.02. The van der Waals surface area contributed by atoms with Crippen LogP contribution in [0.15, 0.2) is 30.5 Å². The van der Waals surface area contributed by atoms with Crippen molar-refractivity contribution in [1.29, 1.82) is 0 Å². The number of nitrogens with two attached hydrogens (primary N) is 1. The molecule has 0 aliphatic rings. The predicted octanol–water partition coefficient (Wildman–Crippen LogP) is 1.96. The summed E-state index contributed by atoms with van der Waals surface area (Å²) in [5, 5.41) is 3.92. The molecule has 2 atom stereocenters. The number of carbonyl (C=O) groups excluding carboxylic acids is 1. The number of para-hydroxylation sites is 1. The van der Waals surface area contributed by atoms with Crippen LogP contribution in [0.25, 0.3) is 10.9 Å². The SMILES string of the molecule is C#CC(CCC)NC(=O)[C@H](N)Cc1c[nH]c2ccccc12. The Morgan fingerprint density at radius 3 is 2.95 bits per heavy atom. The Bertz CT molecular complexity index is 653. The van der Waals surface area contributed by atoms with Crippen molar-refractivity contribution in [2.45, 2.75) is 38.3 Å². The quantitative estimate of drug-likeness (QED) is 0.709. The van der Waals surface area contributed by atoms with E-state index in [1.165, 1.54) is 0 Å². The van der Waals surface area contributed by atoms with Gasteiger partial charge in [0.05, 0.1) is 12.1 Å². The van der Waals surface area contributed by atoms with Crippen LogP contribution in [0, 0.1) is 12.3 Å². The number of H-pyrrole nitrogens is 1. The van der Waals surface area contributed by atoms with Gasteiger partial charge in [0.2, 0.25) is 5.91 Å². The Hall–Kier alpha value is -2.25. The first-order chi connectivity index (χ1) is 10.2. The number of fused-ring (bicyclic) bond motifs is 1. The van der Waals surface area contributed by atoms with Gasteiger partial charge in [-0.3, -0.25) is 4.79 Å². The molecule has 0 fully saturated rings. The lowest BCUT2D eigenvalue weighted by Gasteiger charge is -2.16. The lowest BCUT2D eigenvalue weighted by molar-refractivity contribution is -0.122. The molecule has 4 heteroatoms. The van der Waals surface area contributed by atoms with Crippen molar-refractivity contribution in [3.8, 4) is 12.3 Å². The molecule has 4 nitrogen and oxygen atoms in total. The van der Waals surface area contributed by atoms with Crippen LogP contribution < -0.4 is 11.1 Å². The van der Waals surface area contributed by atoms with Gasteiger partial charge < -0.3 is 16.0 Å². The van der Waals surface area contributed by atoms with Crippen molar-refractivity contribution in [2.24, 2.45) is 5.73 Å². The maximum absolute atomic E-state index is 12.1. The first-order valence-electron chi connectivity index (χ1n) is 7.22. The Morgan fingerprint density at radius 2 is 2.24 bits per heavy atom. The predicted molar refractivity (Wildman–Crippen MR) is 85.6 cm³/mol. The topological polar surface area (TPSA) is 70.9 Å². The van der Waals surface area contributed by atoms with E-state index in [2.05, 4.69) is 16.2 Å². The van der Waals surface area contributed by atoms with E-state index in [4.69, 9.17) is 12.2 Å². The molecule has 0 radical (unpaired) electrons. The maximum Gasteiger partial charge on any atom is 0.238 e. The van der Waals surface area contributed by atoms with Crippen LogP contribution in [0.5, 0.6) is 0 Å². The average molecular weight is 283 g/mol. The molecule has 1 heterocycles. The van der Waals surface area contributed by atoms with E-state index >= 15 is 0 Å². The summed E-state index contributed by atoms with van der Waals surface area (Å²) in [5.74, 6) is 2.39. The zero-order chi connectivity index (χ0) is 15.2. The maximum atomic E-state index is 12.1. The second kappa shape index (κ2) is 6.96. The van der Waals surface area contributed by atoms with Crippen LogP contribution in [0.3, 0.4) is 0 Å². The second-order valence-electron chi connectivity index (χ2n) is 5.19. The van der Waals surface area contributed by atoms with Crippen LogP contribution in [-0.2, 0) is 11.2 Å². The number of rotatable bonds is 6. The summed E-state index contributed by atoms with van der Waals surface area (Å²) in [7, 11) is 0. The van der Waals surface area contributed by atoms with E-state index < -0.39 is 6.04 Å². The summed E-state index contributed by atoms with van der Waals surface area (Å²) < 4.78 is 0. The van der Waals surface area contributed by atoms with Gasteiger partial charge in [-0.25, -0.2) is 0 Å². The van der Waals surface area contributed by atoms with Gasteiger partial charge in [0.15, 0.2) is 0 Å². The van der Waals surface area contributed by atoms with Gasteiger partial charge >= 0.3 is 0 Å². The molecule has 0 aliphatic heterocycles. The van der Waals surface area contributed by atoms with Crippen molar-refractivity contribution in [3.05, 3.63) is 36.0 Å². The molecular weight excluding hydrogens is 262 g/mol. The molecule has 1 unspecified atom stereocenters. The largest absolute Gasteiger partial charge is 0.361 e. The van der Waals surface area contributed by atoms with Gasteiger partial charge in [0.1, 0.15) is 0 Å². The van der Waals surface area contributed by atoms with Gasteiger partial charge in [-0.15, -0.1) is 6.42 Å². The van der Waals surface area contributed by atoms with Crippen LogP contribution in [0.4, 0.5) is 0 Å². The molecule has 4 N–H and O–H groups in total. The third-order valence-electron chi connectivity index (χ3n) is 3.55. The molecule has 0 saturated carbocycles. The smallest absolute Gasteiger partial charge is 0.238 e. The summed E-state index contributed by atoms with van der Waals surface area (Å²) >= 11 is 0. The van der Waals surface area contributed by atoms with Gasteiger partial charge in [-0.05, 0) is 24.5 Å². The minimum absolute atomic E-state index is 0.198. The summed E-state index contributed by atoms with van der Waals surface area (Å²) in [6.45, 7) is 2.03. The number of terminal acetylenes is 1. The Morgan fingerprint density at radius 1 is 1.48 bits per heavy atom. The van der Waals surface area contributed by atoms with E-state index in [1.807, 2.05) is 37.4 Å². The average Bonchev–Trinajstić information content (AvgIpc) is 2.90. The summed E-state index contributed by atoms with van der Waals surface area (Å²) in [5.41, 5.74) is 8.10. The number of aromatic amines is 1. The van der Waals surface area contributed by atoms with Gasteiger partial charge in [-0.1, -0.05) is 37.5 Å². The third-order valence-corrected chi connectivity index (χ3v) is 3.55. The molecule has 0 saturated heterocycles. The van der Waals surface area contributed by atoms with Crippen LogP contribution in [-0.4, -0.2) is 23.0 Å². The molecule has 1 amide bonds. The van der Waals surface area contributed by atoms with Crippen LogP contribution in [0.1, 0.15) is 25.3 Å². The van der Waals surface area contributed by atoms with Gasteiger partial charge in [0.25, 0.3) is 0 Å². The van der Waals surface area contributed by atoms with E-state index in [1.54, 1.807) is 0 Å². The molecule has 0 bridgehead atoms. The fourth-order valence-electron chi connectivity index (χ4n) is 2.39. The molecule has 1 aromatic heterocycles. The molecule has 0 aliphatic carbocycles. The Kier molecular flexibility index (Phi) is 5.02. The molecular formula is C17H21N3O. The number of benzene rings is 1. The van der Waals surface area contributed by atoms with Gasteiger partial charge in [0, 0.05) is 17.1 Å². The van der Waals surface area contributed by atoms with E-state index in [0.717, 1.165) is 29.3 Å². The Labute approximate surface area is 125 Å². The second-order valence-corrected chi connectivity index (χ2v) is 5.19. The highest BCUT2D eigenvalue weighted by Crippen LogP contribution is 2.18. The summed E-state index contributed by atoms with van der Waals surface area (Å²) in [4.78, 5) is 15.3. The molecule has 2 rings (SSSR count). The van der Waals surface area contributed by atoms with Gasteiger partial charge in [-0.2, -0.15) is 0 Å². The first kappa shape index (κ1) is 15.1. The summed E-state index contributed by atoms with van der Waals surface area (Å²) in [6.07, 6.45) is 9.49. The minimum atomic E-state index is -0.600. The minimum Gasteiger partial charge on any atom is -0.361 e. The highest BCUT2D eigenvalue weighted by molar-refractivity contribution is 5.86. The van der Waals surface area contributed by atoms with Crippen molar-refractivity contribution in [2.75, 3.05) is 0 Å². The molecule has 21 heavy (non-hydrogen) atoms. The van der Waals surface area contributed by atoms with Crippen molar-refractivity contribution >= 4 is 16.8 Å². The highest BCUT2D eigenvalue weighted by Gasteiger charge is 2.18. The van der Waals surface area contributed by atoms with Crippen molar-refractivity contribution in [1.82, 2.24) is 10.3 Å². The fraction of sp³-hybridized carbons (Fsp3) is 0.353. The van der Waals surface area contributed by atoms with Crippen molar-refractivity contribution < 1.29 is 4.79 Å². The number of hydrogen-bond acceptors (Lipinski definition) is 2. The normalized spacial score (nSPS) is 13.6. The number of amides is 1. The highest BCUT2D eigenvalue weighted by atomic mass is 16.2. The molecule has 1 aromatic carbocycles. The first-order valence-corrected chi connectivity index (χ1v) is 7.22. The monoisotopic (exact) mass is 283 g/mol. The van der Waals surface area contributed by atoms with E-state index in [-0.39, 0.29) is 11.9 Å². The zero-order valence-corrected chi connectivity index (χ0v) is 12.2.